The van der Waals surface area contributed by atoms with Crippen LogP contribution < -0.4 is 5.32 Å². The highest BCUT2D eigenvalue weighted by Crippen LogP contribution is 2.11. The van der Waals surface area contributed by atoms with Crippen molar-refractivity contribution in [1.82, 2.24) is 10.2 Å². The standard InChI is InChI=1S/C15H20N2O2S/c1-10-6-4-5-7-13(10)14(18)16-15(20)17-8-11(2)19-12(3)9-17/h4-7,11-12H,8-9H2,1-3H3,(H,16,18,20)/t11-,12-/m0/s1. The van der Waals surface area contributed by atoms with Gasteiger partial charge in [-0.2, -0.15) is 0 Å². The van der Waals surface area contributed by atoms with E-state index in [4.69, 9.17) is 17.0 Å². The number of amides is 1. The third-order valence-electron chi connectivity index (χ3n) is 3.32. The molecule has 1 aliphatic heterocycles. The molecule has 2 atom stereocenters. The molecule has 5 heteroatoms. The van der Waals surface area contributed by atoms with Gasteiger partial charge in [-0.05, 0) is 44.6 Å². The Morgan fingerprint density at radius 2 is 1.90 bits per heavy atom. The zero-order valence-corrected chi connectivity index (χ0v) is 12.9. The fourth-order valence-corrected chi connectivity index (χ4v) is 2.66. The van der Waals surface area contributed by atoms with Gasteiger partial charge >= 0.3 is 0 Å². The monoisotopic (exact) mass is 292 g/mol. The molecule has 0 bridgehead atoms. The molecule has 0 unspecified atom stereocenters. The molecule has 0 radical (unpaired) electrons. The van der Waals surface area contributed by atoms with Crippen molar-refractivity contribution >= 4 is 23.2 Å². The average molecular weight is 292 g/mol. The van der Waals surface area contributed by atoms with Gasteiger partial charge in [0.05, 0.1) is 12.2 Å². The summed E-state index contributed by atoms with van der Waals surface area (Å²) in [6.07, 6.45) is 0.235. The molecule has 2 rings (SSSR count). The predicted octanol–water partition coefficient (Wildman–Crippen LogP) is 2.12. The largest absolute Gasteiger partial charge is 0.372 e. The van der Waals surface area contributed by atoms with Gasteiger partial charge in [-0.1, -0.05) is 18.2 Å². The summed E-state index contributed by atoms with van der Waals surface area (Å²) in [7, 11) is 0. The highest BCUT2D eigenvalue weighted by Gasteiger charge is 2.25. The van der Waals surface area contributed by atoms with Crippen molar-refractivity contribution in [3.05, 3.63) is 35.4 Å². The second-order valence-corrected chi connectivity index (χ2v) is 5.62. The summed E-state index contributed by atoms with van der Waals surface area (Å²) in [4.78, 5) is 14.2. The maximum absolute atomic E-state index is 12.2. The van der Waals surface area contributed by atoms with Gasteiger partial charge < -0.3 is 9.64 Å². The first kappa shape index (κ1) is 14.9. The zero-order chi connectivity index (χ0) is 14.7. The predicted molar refractivity (Wildman–Crippen MR) is 82.8 cm³/mol. The lowest BCUT2D eigenvalue weighted by molar-refractivity contribution is -0.0481. The zero-order valence-electron chi connectivity index (χ0n) is 12.1. The molecule has 1 N–H and O–H groups in total. The number of ether oxygens (including phenoxy) is 1. The molecule has 1 fully saturated rings. The van der Waals surface area contributed by atoms with Crippen LogP contribution in [0.3, 0.4) is 0 Å². The number of aryl methyl sites for hydroxylation is 1. The number of benzene rings is 1. The SMILES string of the molecule is Cc1ccccc1C(=O)NC(=S)N1C[C@H](C)O[C@@H](C)C1. The molecule has 0 saturated carbocycles. The maximum Gasteiger partial charge on any atom is 0.257 e. The van der Waals surface area contributed by atoms with Crippen LogP contribution in [0.1, 0.15) is 29.8 Å². The first-order valence-corrected chi connectivity index (χ1v) is 7.19. The Balaban J connectivity index is 2.01. The van der Waals surface area contributed by atoms with E-state index in [1.807, 2.05) is 43.9 Å². The molecule has 4 nitrogen and oxygen atoms in total. The number of carbonyl (C=O) groups is 1. The lowest BCUT2D eigenvalue weighted by Crippen LogP contribution is -2.52. The van der Waals surface area contributed by atoms with Gasteiger partial charge in [0.2, 0.25) is 0 Å². The van der Waals surface area contributed by atoms with Gasteiger partial charge in [-0.15, -0.1) is 0 Å². The molecular formula is C15H20N2O2S. The minimum Gasteiger partial charge on any atom is -0.372 e. The third kappa shape index (κ3) is 3.55. The van der Waals surface area contributed by atoms with E-state index < -0.39 is 0 Å². The minimum atomic E-state index is -0.153. The number of thiocarbonyl (C=S) groups is 1. The molecular weight excluding hydrogens is 272 g/mol. The van der Waals surface area contributed by atoms with Gasteiger partial charge in [-0.3, -0.25) is 10.1 Å². The summed E-state index contributed by atoms with van der Waals surface area (Å²) in [5.74, 6) is -0.153. The molecule has 1 aliphatic rings. The highest BCUT2D eigenvalue weighted by molar-refractivity contribution is 7.80. The second kappa shape index (κ2) is 6.33. The highest BCUT2D eigenvalue weighted by atomic mass is 32.1. The number of nitrogens with one attached hydrogen (secondary N) is 1. The molecule has 0 aliphatic carbocycles. The van der Waals surface area contributed by atoms with Crippen LogP contribution in [0.25, 0.3) is 0 Å². The molecule has 20 heavy (non-hydrogen) atoms. The molecule has 1 aromatic rings. The van der Waals surface area contributed by atoms with Crippen LogP contribution in [-0.4, -0.2) is 41.2 Å². The number of rotatable bonds is 1. The average Bonchev–Trinajstić information content (AvgIpc) is 2.37. The first-order valence-electron chi connectivity index (χ1n) is 6.78. The van der Waals surface area contributed by atoms with E-state index in [0.717, 1.165) is 5.56 Å². The number of hydrogen-bond donors (Lipinski definition) is 1. The molecule has 1 saturated heterocycles. The first-order chi connectivity index (χ1) is 9.47. The van der Waals surface area contributed by atoms with E-state index in [0.29, 0.717) is 23.8 Å². The van der Waals surface area contributed by atoms with E-state index in [1.165, 1.54) is 0 Å². The van der Waals surface area contributed by atoms with Crippen LogP contribution >= 0.6 is 12.2 Å². The Bertz CT molecular complexity index is 508. The Labute approximate surface area is 125 Å². The van der Waals surface area contributed by atoms with Crippen molar-refractivity contribution in [2.75, 3.05) is 13.1 Å². The molecule has 0 spiro atoms. The van der Waals surface area contributed by atoms with Gasteiger partial charge in [0.15, 0.2) is 5.11 Å². The summed E-state index contributed by atoms with van der Waals surface area (Å²) in [5.41, 5.74) is 1.60. The normalized spacial score (nSPS) is 22.4. The summed E-state index contributed by atoms with van der Waals surface area (Å²) < 4.78 is 5.66. The third-order valence-corrected chi connectivity index (χ3v) is 3.68. The fourth-order valence-electron chi connectivity index (χ4n) is 2.41. The summed E-state index contributed by atoms with van der Waals surface area (Å²) in [6, 6.07) is 7.48. The van der Waals surface area contributed by atoms with Crippen molar-refractivity contribution in [2.24, 2.45) is 0 Å². The second-order valence-electron chi connectivity index (χ2n) is 5.24. The van der Waals surface area contributed by atoms with Crippen molar-refractivity contribution in [3.8, 4) is 0 Å². The summed E-state index contributed by atoms with van der Waals surface area (Å²) in [5, 5.41) is 3.28. The lowest BCUT2D eigenvalue weighted by Gasteiger charge is -2.36. The van der Waals surface area contributed by atoms with Crippen LogP contribution in [-0.2, 0) is 4.74 Å². The number of nitrogens with zero attached hydrogens (tertiary/aromatic N) is 1. The van der Waals surface area contributed by atoms with E-state index >= 15 is 0 Å². The molecule has 1 heterocycles. The van der Waals surface area contributed by atoms with Crippen molar-refractivity contribution in [3.63, 3.8) is 0 Å². The van der Waals surface area contributed by atoms with Crippen molar-refractivity contribution in [2.45, 2.75) is 33.0 Å². The van der Waals surface area contributed by atoms with Crippen molar-refractivity contribution in [1.29, 1.82) is 0 Å². The van der Waals surface area contributed by atoms with Crippen molar-refractivity contribution < 1.29 is 9.53 Å². The maximum atomic E-state index is 12.2. The van der Waals surface area contributed by atoms with Crippen LogP contribution in [0.2, 0.25) is 0 Å². The Kier molecular flexibility index (Phi) is 4.73. The van der Waals surface area contributed by atoms with Crippen LogP contribution in [0.15, 0.2) is 24.3 Å². The number of morpholine rings is 1. The summed E-state index contributed by atoms with van der Waals surface area (Å²) in [6.45, 7) is 7.34. The lowest BCUT2D eigenvalue weighted by atomic mass is 10.1. The van der Waals surface area contributed by atoms with Gasteiger partial charge in [0, 0.05) is 18.7 Å². The van der Waals surface area contributed by atoms with E-state index in [9.17, 15) is 4.79 Å². The van der Waals surface area contributed by atoms with Crippen LogP contribution in [0, 0.1) is 6.92 Å². The van der Waals surface area contributed by atoms with Gasteiger partial charge in [0.1, 0.15) is 0 Å². The quantitative estimate of drug-likeness (QED) is 0.805. The molecule has 1 amide bonds. The Morgan fingerprint density at radius 1 is 1.30 bits per heavy atom. The van der Waals surface area contributed by atoms with E-state index in [-0.39, 0.29) is 18.1 Å². The Hall–Kier alpha value is -1.46. The number of carbonyl (C=O) groups excluding carboxylic acids is 1. The molecule has 0 aromatic heterocycles. The van der Waals surface area contributed by atoms with E-state index in [1.54, 1.807) is 6.07 Å². The molecule has 1 aromatic carbocycles. The van der Waals surface area contributed by atoms with E-state index in [2.05, 4.69) is 5.32 Å². The number of hydrogen-bond acceptors (Lipinski definition) is 3. The van der Waals surface area contributed by atoms with Gasteiger partial charge in [0.25, 0.3) is 5.91 Å². The smallest absolute Gasteiger partial charge is 0.257 e. The van der Waals surface area contributed by atoms with Crippen LogP contribution in [0.5, 0.6) is 0 Å². The van der Waals surface area contributed by atoms with Crippen LogP contribution in [0.4, 0.5) is 0 Å². The topological polar surface area (TPSA) is 41.6 Å². The summed E-state index contributed by atoms with van der Waals surface area (Å²) >= 11 is 5.34. The minimum absolute atomic E-state index is 0.118. The fraction of sp³-hybridized carbons (Fsp3) is 0.467. The molecule has 108 valence electrons. The van der Waals surface area contributed by atoms with Gasteiger partial charge in [-0.25, -0.2) is 0 Å². The Morgan fingerprint density at radius 3 is 2.50 bits per heavy atom.